The van der Waals surface area contributed by atoms with Gasteiger partial charge in [-0.15, -0.1) is 10.2 Å². The zero-order valence-electron chi connectivity index (χ0n) is 13.3. The number of nitrogens with zero attached hydrogens (tertiary/aromatic N) is 3. The molecule has 4 rings (SSSR count). The second-order valence-electron chi connectivity index (χ2n) is 5.40. The molecule has 0 aliphatic heterocycles. The van der Waals surface area contributed by atoms with Gasteiger partial charge < -0.3 is 8.83 Å². The number of oxazole rings is 1. The molecule has 0 amide bonds. The van der Waals surface area contributed by atoms with E-state index >= 15 is 0 Å². The molecule has 0 N–H and O–H groups in total. The van der Waals surface area contributed by atoms with Gasteiger partial charge in [0, 0.05) is 5.56 Å². The lowest BCUT2D eigenvalue weighted by Crippen LogP contribution is -1.87. The molecule has 0 saturated heterocycles. The van der Waals surface area contributed by atoms with Crippen molar-refractivity contribution in [3.05, 3.63) is 84.2 Å². The summed E-state index contributed by atoms with van der Waals surface area (Å²) < 4.78 is 11.4. The molecule has 0 saturated carbocycles. The molecule has 0 unspecified atom stereocenters. The van der Waals surface area contributed by atoms with E-state index in [1.807, 2.05) is 60.7 Å². The highest BCUT2D eigenvalue weighted by Gasteiger charge is 2.11. The number of thioether (sulfide) groups is 1. The Morgan fingerprint density at radius 1 is 0.800 bits per heavy atom. The lowest BCUT2D eigenvalue weighted by molar-refractivity contribution is 0.459. The Hall–Kier alpha value is -2.86. The number of rotatable bonds is 6. The van der Waals surface area contributed by atoms with E-state index in [0.717, 1.165) is 16.9 Å². The van der Waals surface area contributed by atoms with Gasteiger partial charge in [-0.2, -0.15) is 0 Å². The minimum absolute atomic E-state index is 0.524. The van der Waals surface area contributed by atoms with Gasteiger partial charge in [-0.3, -0.25) is 0 Å². The highest BCUT2D eigenvalue weighted by atomic mass is 32.2. The summed E-state index contributed by atoms with van der Waals surface area (Å²) in [6, 6.07) is 19.9. The maximum Gasteiger partial charge on any atom is 0.256 e. The maximum absolute atomic E-state index is 5.76. The van der Waals surface area contributed by atoms with Crippen LogP contribution in [0.3, 0.4) is 0 Å². The summed E-state index contributed by atoms with van der Waals surface area (Å²) in [7, 11) is 0. The summed E-state index contributed by atoms with van der Waals surface area (Å²) in [4.78, 5) is 4.29. The van der Waals surface area contributed by atoms with Crippen LogP contribution in [0.1, 0.15) is 17.3 Å². The van der Waals surface area contributed by atoms with E-state index in [1.54, 1.807) is 6.20 Å². The number of benzene rings is 2. The van der Waals surface area contributed by atoms with E-state index in [-0.39, 0.29) is 0 Å². The predicted octanol–water partition coefficient (Wildman–Crippen LogP) is 4.61. The molecule has 124 valence electrons. The van der Waals surface area contributed by atoms with Gasteiger partial charge in [-0.25, -0.2) is 4.98 Å². The van der Waals surface area contributed by atoms with Crippen molar-refractivity contribution in [2.45, 2.75) is 17.4 Å². The average Bonchev–Trinajstić information content (AvgIpc) is 3.31. The minimum atomic E-state index is 0.524. The van der Waals surface area contributed by atoms with Crippen molar-refractivity contribution in [1.82, 2.24) is 15.2 Å². The normalized spacial score (nSPS) is 10.9. The Bertz CT molecular complexity index is 935. The molecule has 6 heteroatoms. The Kier molecular flexibility index (Phi) is 4.61. The van der Waals surface area contributed by atoms with Crippen LogP contribution >= 0.6 is 11.8 Å². The van der Waals surface area contributed by atoms with Crippen LogP contribution in [-0.2, 0) is 12.2 Å². The van der Waals surface area contributed by atoms with E-state index in [1.165, 1.54) is 11.8 Å². The van der Waals surface area contributed by atoms with Crippen LogP contribution in [0.4, 0.5) is 0 Å². The molecule has 0 bridgehead atoms. The molecule has 4 aromatic rings. The molecule has 2 heterocycles. The molecule has 2 aromatic carbocycles. The zero-order chi connectivity index (χ0) is 16.9. The highest BCUT2D eigenvalue weighted by Crippen LogP contribution is 2.27. The van der Waals surface area contributed by atoms with Crippen LogP contribution < -0.4 is 0 Å². The maximum atomic E-state index is 5.76. The van der Waals surface area contributed by atoms with Crippen LogP contribution in [0.5, 0.6) is 0 Å². The van der Waals surface area contributed by atoms with Crippen molar-refractivity contribution in [2.24, 2.45) is 0 Å². The second kappa shape index (κ2) is 7.36. The van der Waals surface area contributed by atoms with E-state index in [9.17, 15) is 0 Å². The highest BCUT2D eigenvalue weighted by molar-refractivity contribution is 7.98. The summed E-state index contributed by atoms with van der Waals surface area (Å²) in [5.41, 5.74) is 2.15. The Morgan fingerprint density at radius 3 is 2.32 bits per heavy atom. The monoisotopic (exact) mass is 349 g/mol. The standard InChI is InChI=1S/C19H15N3O2S/c1-3-7-14(8-4-1)11-17-21-22-18(24-17)13-25-19-20-12-16(23-19)15-9-5-2-6-10-15/h1-10,12H,11,13H2. The molecule has 5 nitrogen and oxygen atoms in total. The lowest BCUT2D eigenvalue weighted by Gasteiger charge is -1.95. The van der Waals surface area contributed by atoms with Crippen LogP contribution in [0, 0.1) is 0 Å². The molecule has 0 atom stereocenters. The van der Waals surface area contributed by atoms with Crippen molar-refractivity contribution < 1.29 is 8.83 Å². The molecule has 0 aliphatic carbocycles. The van der Waals surface area contributed by atoms with Gasteiger partial charge >= 0.3 is 0 Å². The molecular weight excluding hydrogens is 334 g/mol. The predicted molar refractivity (Wildman–Crippen MR) is 95.0 cm³/mol. The molecule has 0 fully saturated rings. The molecule has 0 spiro atoms. The van der Waals surface area contributed by atoms with Gasteiger partial charge in [0.05, 0.1) is 18.4 Å². The average molecular weight is 349 g/mol. The summed E-state index contributed by atoms with van der Waals surface area (Å²) >= 11 is 1.43. The fourth-order valence-corrected chi connectivity index (χ4v) is 3.01. The first-order valence-corrected chi connectivity index (χ1v) is 8.84. The third-order valence-electron chi connectivity index (χ3n) is 3.57. The number of hydrogen-bond donors (Lipinski definition) is 0. The van der Waals surface area contributed by atoms with Gasteiger partial charge in [0.2, 0.25) is 11.8 Å². The molecule has 0 radical (unpaired) electrons. The van der Waals surface area contributed by atoms with Gasteiger partial charge in [-0.05, 0) is 5.56 Å². The third kappa shape index (κ3) is 3.97. The van der Waals surface area contributed by atoms with E-state index < -0.39 is 0 Å². The largest absolute Gasteiger partial charge is 0.431 e. The van der Waals surface area contributed by atoms with Crippen molar-refractivity contribution in [2.75, 3.05) is 0 Å². The summed E-state index contributed by atoms with van der Waals surface area (Å²) in [5.74, 6) is 2.45. The van der Waals surface area contributed by atoms with E-state index in [0.29, 0.717) is 29.2 Å². The fourth-order valence-electron chi connectivity index (χ4n) is 2.37. The van der Waals surface area contributed by atoms with Crippen LogP contribution in [-0.4, -0.2) is 15.2 Å². The zero-order valence-corrected chi connectivity index (χ0v) is 14.1. The summed E-state index contributed by atoms with van der Waals surface area (Å²) in [5, 5.41) is 8.77. The number of hydrogen-bond acceptors (Lipinski definition) is 6. The molecule has 2 aromatic heterocycles. The first-order valence-electron chi connectivity index (χ1n) is 7.86. The van der Waals surface area contributed by atoms with Crippen molar-refractivity contribution in [3.8, 4) is 11.3 Å². The van der Waals surface area contributed by atoms with Gasteiger partial charge in [0.15, 0.2) is 5.76 Å². The van der Waals surface area contributed by atoms with E-state index in [2.05, 4.69) is 15.2 Å². The van der Waals surface area contributed by atoms with Crippen LogP contribution in [0.2, 0.25) is 0 Å². The lowest BCUT2D eigenvalue weighted by atomic mass is 10.2. The number of aromatic nitrogens is 3. The van der Waals surface area contributed by atoms with Crippen molar-refractivity contribution in [3.63, 3.8) is 0 Å². The summed E-state index contributed by atoms with van der Waals surface area (Å²) in [6.45, 7) is 0. The smallest absolute Gasteiger partial charge is 0.256 e. The first-order chi connectivity index (χ1) is 12.4. The fraction of sp³-hybridized carbons (Fsp3) is 0.105. The Morgan fingerprint density at radius 2 is 1.52 bits per heavy atom. The van der Waals surface area contributed by atoms with Gasteiger partial charge in [0.1, 0.15) is 0 Å². The molecule has 25 heavy (non-hydrogen) atoms. The Balaban J connectivity index is 1.37. The topological polar surface area (TPSA) is 65.0 Å². The SMILES string of the molecule is c1ccc(Cc2nnc(CSc3ncc(-c4ccccc4)o3)o2)cc1. The van der Waals surface area contributed by atoms with E-state index in [4.69, 9.17) is 8.83 Å². The van der Waals surface area contributed by atoms with Gasteiger partial charge in [0.25, 0.3) is 5.22 Å². The van der Waals surface area contributed by atoms with Crippen LogP contribution in [0.15, 0.2) is 80.9 Å². The second-order valence-corrected chi connectivity index (χ2v) is 6.32. The quantitative estimate of drug-likeness (QED) is 0.474. The van der Waals surface area contributed by atoms with Crippen molar-refractivity contribution >= 4 is 11.8 Å². The van der Waals surface area contributed by atoms with Crippen LogP contribution in [0.25, 0.3) is 11.3 Å². The summed E-state index contributed by atoms with van der Waals surface area (Å²) in [6.07, 6.45) is 2.36. The minimum Gasteiger partial charge on any atom is -0.431 e. The molecular formula is C19H15N3O2S. The Labute approximate surface area is 149 Å². The third-order valence-corrected chi connectivity index (χ3v) is 4.40. The molecule has 0 aliphatic rings. The van der Waals surface area contributed by atoms with Gasteiger partial charge in [-0.1, -0.05) is 72.4 Å². The first kappa shape index (κ1) is 15.7. The van der Waals surface area contributed by atoms with Crippen molar-refractivity contribution in [1.29, 1.82) is 0 Å².